The van der Waals surface area contributed by atoms with Crippen molar-refractivity contribution in [1.29, 1.82) is 0 Å². The van der Waals surface area contributed by atoms with E-state index in [9.17, 15) is 14.0 Å². The molecule has 0 bridgehead atoms. The molecule has 0 fully saturated rings. The zero-order chi connectivity index (χ0) is 22.4. The molecule has 3 rings (SSSR count). The van der Waals surface area contributed by atoms with Crippen molar-refractivity contribution in [2.75, 3.05) is 11.9 Å². The normalized spacial score (nSPS) is 10.7. The molecule has 0 unspecified atom stereocenters. The van der Waals surface area contributed by atoms with Crippen molar-refractivity contribution >= 4 is 17.6 Å². The summed E-state index contributed by atoms with van der Waals surface area (Å²) in [4.78, 5) is 24.6. The molecule has 1 N–H and O–H groups in total. The number of hydrogen-bond donors (Lipinski definition) is 1. The van der Waals surface area contributed by atoms with Gasteiger partial charge in [0.25, 0.3) is 0 Å². The number of benzene rings is 2. The van der Waals surface area contributed by atoms with Gasteiger partial charge in [0.05, 0.1) is 12.2 Å². The molecule has 0 spiro atoms. The van der Waals surface area contributed by atoms with Crippen molar-refractivity contribution in [2.45, 2.75) is 40.2 Å². The third-order valence-corrected chi connectivity index (χ3v) is 5.02. The van der Waals surface area contributed by atoms with E-state index in [4.69, 9.17) is 4.74 Å². The van der Waals surface area contributed by atoms with Crippen LogP contribution in [0.15, 0.2) is 54.7 Å². The van der Waals surface area contributed by atoms with Crippen molar-refractivity contribution in [2.24, 2.45) is 0 Å². The predicted molar refractivity (Wildman–Crippen MR) is 120 cm³/mol. The molecule has 6 heteroatoms. The topological polar surface area (TPSA) is 60.3 Å². The standard InChI is InChI=1S/C25H27FN2O3/c1-4-31-25(30)20-15-23(19-9-7-17(2)8-10-19)28(16-20)13-5-6-24(29)27-22-12-11-21(26)14-18(22)3/h7-12,14-16H,4-6,13H2,1-3H3,(H,27,29). The predicted octanol–water partition coefficient (Wildman–Crippen LogP) is 5.51. The summed E-state index contributed by atoms with van der Waals surface area (Å²) in [5.41, 5.74) is 4.83. The Hall–Kier alpha value is -3.41. The fourth-order valence-corrected chi connectivity index (χ4v) is 3.38. The van der Waals surface area contributed by atoms with E-state index in [2.05, 4.69) is 5.32 Å². The van der Waals surface area contributed by atoms with Gasteiger partial charge in [-0.15, -0.1) is 0 Å². The van der Waals surface area contributed by atoms with Crippen LogP contribution in [-0.4, -0.2) is 23.1 Å². The zero-order valence-electron chi connectivity index (χ0n) is 18.1. The molecule has 2 aromatic carbocycles. The number of hydrogen-bond acceptors (Lipinski definition) is 3. The number of halogens is 1. The van der Waals surface area contributed by atoms with E-state index in [1.54, 1.807) is 26.1 Å². The highest BCUT2D eigenvalue weighted by Gasteiger charge is 2.15. The average molecular weight is 423 g/mol. The number of nitrogens with one attached hydrogen (secondary N) is 1. The summed E-state index contributed by atoms with van der Waals surface area (Å²) < 4.78 is 20.4. The molecule has 31 heavy (non-hydrogen) atoms. The SMILES string of the molecule is CCOC(=O)c1cc(-c2ccc(C)cc2)n(CCCC(=O)Nc2ccc(F)cc2C)c1. The molecule has 0 aliphatic heterocycles. The van der Waals surface area contributed by atoms with Crippen LogP contribution in [0.25, 0.3) is 11.3 Å². The largest absolute Gasteiger partial charge is 0.462 e. The summed E-state index contributed by atoms with van der Waals surface area (Å²) in [5.74, 6) is -0.826. The van der Waals surface area contributed by atoms with Crippen LogP contribution in [0.2, 0.25) is 0 Å². The first kappa shape index (κ1) is 22.3. The lowest BCUT2D eigenvalue weighted by Gasteiger charge is -2.11. The Labute approximate surface area is 181 Å². The first-order chi connectivity index (χ1) is 14.9. The molecule has 5 nitrogen and oxygen atoms in total. The zero-order valence-corrected chi connectivity index (χ0v) is 18.1. The maximum Gasteiger partial charge on any atom is 0.339 e. The summed E-state index contributed by atoms with van der Waals surface area (Å²) in [6, 6.07) is 14.2. The number of aromatic nitrogens is 1. The summed E-state index contributed by atoms with van der Waals surface area (Å²) in [7, 11) is 0. The number of carbonyl (C=O) groups excluding carboxylic acids is 2. The minimum Gasteiger partial charge on any atom is -0.462 e. The van der Waals surface area contributed by atoms with E-state index in [0.29, 0.717) is 42.8 Å². The van der Waals surface area contributed by atoms with Crippen molar-refractivity contribution in [1.82, 2.24) is 4.57 Å². The summed E-state index contributed by atoms with van der Waals surface area (Å²) >= 11 is 0. The molecule has 0 radical (unpaired) electrons. The number of carbonyl (C=O) groups is 2. The van der Waals surface area contributed by atoms with Gasteiger partial charge < -0.3 is 14.6 Å². The number of esters is 1. The van der Waals surface area contributed by atoms with Gasteiger partial charge in [-0.1, -0.05) is 29.8 Å². The molecule has 0 atom stereocenters. The second-order valence-electron chi connectivity index (χ2n) is 7.50. The van der Waals surface area contributed by atoms with Crippen LogP contribution >= 0.6 is 0 Å². The third-order valence-electron chi connectivity index (χ3n) is 5.02. The molecule has 0 aliphatic carbocycles. The van der Waals surface area contributed by atoms with Gasteiger partial charge in [0.1, 0.15) is 5.82 Å². The highest BCUT2D eigenvalue weighted by molar-refractivity contribution is 5.92. The molecule has 162 valence electrons. The Morgan fingerprint density at radius 2 is 1.81 bits per heavy atom. The molecule has 0 aliphatic rings. The van der Waals surface area contributed by atoms with E-state index in [1.807, 2.05) is 41.8 Å². The number of nitrogens with zero attached hydrogens (tertiary/aromatic N) is 1. The van der Waals surface area contributed by atoms with Gasteiger partial charge in [-0.3, -0.25) is 4.79 Å². The van der Waals surface area contributed by atoms with Crippen molar-refractivity contribution in [3.05, 3.63) is 77.2 Å². The number of ether oxygens (including phenoxy) is 1. The van der Waals surface area contributed by atoms with E-state index in [0.717, 1.165) is 16.8 Å². The highest BCUT2D eigenvalue weighted by Crippen LogP contribution is 2.24. The monoisotopic (exact) mass is 422 g/mol. The smallest absolute Gasteiger partial charge is 0.339 e. The summed E-state index contributed by atoms with van der Waals surface area (Å²) in [6.45, 7) is 6.43. The van der Waals surface area contributed by atoms with E-state index < -0.39 is 0 Å². The first-order valence-corrected chi connectivity index (χ1v) is 10.4. The Morgan fingerprint density at radius 3 is 2.48 bits per heavy atom. The second-order valence-corrected chi connectivity index (χ2v) is 7.50. The Bertz CT molecular complexity index is 1070. The van der Waals surface area contributed by atoms with Crippen LogP contribution in [0, 0.1) is 19.7 Å². The van der Waals surface area contributed by atoms with Gasteiger partial charge in [0.15, 0.2) is 0 Å². The molecule has 0 saturated carbocycles. The quantitative estimate of drug-likeness (QED) is 0.487. The van der Waals surface area contributed by atoms with E-state index in [-0.39, 0.29) is 17.7 Å². The van der Waals surface area contributed by atoms with Crippen LogP contribution in [0.3, 0.4) is 0 Å². The van der Waals surface area contributed by atoms with Crippen molar-refractivity contribution in [3.63, 3.8) is 0 Å². The van der Waals surface area contributed by atoms with Gasteiger partial charge in [-0.2, -0.15) is 0 Å². The average Bonchev–Trinajstić information content (AvgIpc) is 3.15. The summed E-state index contributed by atoms with van der Waals surface area (Å²) in [5, 5.41) is 2.83. The van der Waals surface area contributed by atoms with Crippen LogP contribution in [-0.2, 0) is 16.1 Å². The minimum absolute atomic E-state index is 0.135. The molecular weight excluding hydrogens is 395 g/mol. The minimum atomic E-state index is -0.362. The van der Waals surface area contributed by atoms with Gasteiger partial charge in [-0.05, 0) is 62.6 Å². The molecule has 1 amide bonds. The fraction of sp³-hybridized carbons (Fsp3) is 0.280. The molecule has 3 aromatic rings. The number of rotatable bonds is 8. The maximum atomic E-state index is 13.2. The Kier molecular flexibility index (Phi) is 7.23. The van der Waals surface area contributed by atoms with E-state index in [1.165, 1.54) is 12.1 Å². The lowest BCUT2D eigenvalue weighted by Crippen LogP contribution is -2.13. The van der Waals surface area contributed by atoms with Crippen LogP contribution in [0.5, 0.6) is 0 Å². The third kappa shape index (κ3) is 5.81. The first-order valence-electron chi connectivity index (χ1n) is 10.4. The van der Waals surface area contributed by atoms with Crippen LogP contribution in [0.4, 0.5) is 10.1 Å². The van der Waals surface area contributed by atoms with Crippen molar-refractivity contribution in [3.8, 4) is 11.3 Å². The Balaban J connectivity index is 1.70. The van der Waals surface area contributed by atoms with E-state index >= 15 is 0 Å². The number of anilines is 1. The van der Waals surface area contributed by atoms with Crippen LogP contribution < -0.4 is 5.32 Å². The number of amides is 1. The molecule has 0 saturated heterocycles. The number of aryl methyl sites for hydroxylation is 3. The second kappa shape index (κ2) is 10.1. The van der Waals surface area contributed by atoms with Gasteiger partial charge >= 0.3 is 5.97 Å². The molecule has 1 aromatic heterocycles. The molecule has 1 heterocycles. The van der Waals surface area contributed by atoms with Gasteiger partial charge in [-0.25, -0.2) is 9.18 Å². The van der Waals surface area contributed by atoms with Crippen LogP contribution in [0.1, 0.15) is 41.3 Å². The lowest BCUT2D eigenvalue weighted by atomic mass is 10.1. The molecular formula is C25H27FN2O3. The maximum absolute atomic E-state index is 13.2. The Morgan fingerprint density at radius 1 is 1.06 bits per heavy atom. The van der Waals surface area contributed by atoms with Gasteiger partial charge in [0.2, 0.25) is 5.91 Å². The summed E-state index contributed by atoms with van der Waals surface area (Å²) in [6.07, 6.45) is 2.66. The lowest BCUT2D eigenvalue weighted by molar-refractivity contribution is -0.116. The highest BCUT2D eigenvalue weighted by atomic mass is 19.1. The van der Waals surface area contributed by atoms with Gasteiger partial charge in [0, 0.05) is 30.5 Å². The fourth-order valence-electron chi connectivity index (χ4n) is 3.38. The van der Waals surface area contributed by atoms with Crippen molar-refractivity contribution < 1.29 is 18.7 Å².